The van der Waals surface area contributed by atoms with Crippen molar-refractivity contribution in [3.05, 3.63) is 101 Å². The molecule has 0 aliphatic rings. The van der Waals surface area contributed by atoms with Gasteiger partial charge in [-0.05, 0) is 92.4 Å². The van der Waals surface area contributed by atoms with Gasteiger partial charge >= 0.3 is 0 Å². The fourth-order valence-corrected chi connectivity index (χ4v) is 4.10. The molecule has 148 valence electrons. The zero-order valence-corrected chi connectivity index (χ0v) is 17.9. The molecule has 0 saturated heterocycles. The molecule has 2 nitrogen and oxygen atoms in total. The minimum atomic E-state index is 0.909. The summed E-state index contributed by atoms with van der Waals surface area (Å²) in [5, 5.41) is 2.28. The lowest BCUT2D eigenvalue weighted by Crippen LogP contribution is -2.11. The van der Waals surface area contributed by atoms with Crippen LogP contribution in [0.2, 0.25) is 0 Å². The minimum absolute atomic E-state index is 0.909. The van der Waals surface area contributed by atoms with E-state index in [1.54, 1.807) is 0 Å². The Kier molecular flexibility index (Phi) is 4.36. The van der Waals surface area contributed by atoms with Crippen LogP contribution < -0.4 is 4.90 Å². The molecule has 0 aliphatic carbocycles. The highest BCUT2D eigenvalue weighted by Gasteiger charge is 2.19. The average molecular weight is 392 g/mol. The molecule has 0 amide bonds. The highest BCUT2D eigenvalue weighted by Crippen LogP contribution is 2.43. The highest BCUT2D eigenvalue weighted by molar-refractivity contribution is 6.13. The molecule has 1 aromatic heterocycles. The van der Waals surface area contributed by atoms with Crippen molar-refractivity contribution in [1.82, 2.24) is 0 Å². The molecule has 0 N–H and O–H groups in total. The van der Waals surface area contributed by atoms with Crippen LogP contribution in [0.25, 0.3) is 21.9 Å². The molecule has 4 aromatic carbocycles. The predicted octanol–water partition coefficient (Wildman–Crippen LogP) is 8.29. The smallest absolute Gasteiger partial charge is 0.137 e. The minimum Gasteiger partial charge on any atom is -0.456 e. The quantitative estimate of drug-likeness (QED) is 0.307. The van der Waals surface area contributed by atoms with E-state index in [0.717, 1.165) is 39.0 Å². The second kappa shape index (κ2) is 7.07. The standard InChI is InChI=1S/C28H25NO/c1-18-12-14-22(16-20(18)3)29(23-15-13-19(2)21(4)17-23)25-9-7-11-27-28(25)24-8-5-6-10-26(24)30-27/h5-17H,1-4H3. The molecular formula is C28H25NO. The number of furan rings is 1. The molecule has 0 bridgehead atoms. The molecule has 0 aliphatic heterocycles. The second-order valence-electron chi connectivity index (χ2n) is 8.12. The Morgan fingerprint density at radius 2 is 1.17 bits per heavy atom. The van der Waals surface area contributed by atoms with Gasteiger partial charge in [-0.15, -0.1) is 0 Å². The molecule has 0 atom stereocenters. The van der Waals surface area contributed by atoms with Gasteiger partial charge in [0, 0.05) is 16.8 Å². The lowest BCUT2D eigenvalue weighted by molar-refractivity contribution is 0.669. The van der Waals surface area contributed by atoms with Crippen molar-refractivity contribution in [2.45, 2.75) is 27.7 Å². The van der Waals surface area contributed by atoms with E-state index in [4.69, 9.17) is 4.42 Å². The molecule has 0 radical (unpaired) electrons. The van der Waals surface area contributed by atoms with Crippen LogP contribution in [0, 0.1) is 27.7 Å². The Morgan fingerprint density at radius 1 is 0.567 bits per heavy atom. The molecule has 1 heterocycles. The number of benzene rings is 4. The number of rotatable bonds is 3. The van der Waals surface area contributed by atoms with E-state index in [2.05, 4.69) is 99.3 Å². The molecule has 5 aromatic rings. The van der Waals surface area contributed by atoms with Crippen molar-refractivity contribution in [2.75, 3.05) is 4.90 Å². The van der Waals surface area contributed by atoms with Crippen LogP contribution in [-0.4, -0.2) is 0 Å². The van der Waals surface area contributed by atoms with Gasteiger partial charge in [-0.25, -0.2) is 0 Å². The molecule has 30 heavy (non-hydrogen) atoms. The van der Waals surface area contributed by atoms with Crippen LogP contribution in [0.4, 0.5) is 17.1 Å². The lowest BCUT2D eigenvalue weighted by Gasteiger charge is -2.27. The van der Waals surface area contributed by atoms with Crippen molar-refractivity contribution in [2.24, 2.45) is 0 Å². The summed E-state index contributed by atoms with van der Waals surface area (Å²) in [4.78, 5) is 2.35. The molecule has 2 heteroatoms. The molecule has 0 unspecified atom stereocenters. The van der Waals surface area contributed by atoms with Gasteiger partial charge in [0.15, 0.2) is 0 Å². The molecule has 0 saturated carbocycles. The Labute approximate surface area is 177 Å². The monoisotopic (exact) mass is 391 g/mol. The Hall–Kier alpha value is -3.52. The number of nitrogens with zero attached hydrogens (tertiary/aromatic N) is 1. The number of fused-ring (bicyclic) bond motifs is 3. The summed E-state index contributed by atoms with van der Waals surface area (Å²) in [6, 6.07) is 28.0. The fraction of sp³-hybridized carbons (Fsp3) is 0.143. The van der Waals surface area contributed by atoms with Crippen LogP contribution in [0.1, 0.15) is 22.3 Å². The SMILES string of the molecule is Cc1ccc(N(c2ccc(C)c(C)c2)c2cccc3oc4ccccc4c23)cc1C. The van der Waals surface area contributed by atoms with Gasteiger partial charge in [0.25, 0.3) is 0 Å². The fourth-order valence-electron chi connectivity index (χ4n) is 4.10. The van der Waals surface area contributed by atoms with Crippen molar-refractivity contribution in [1.29, 1.82) is 0 Å². The van der Waals surface area contributed by atoms with Crippen LogP contribution in [0.15, 0.2) is 83.3 Å². The summed E-state index contributed by atoms with van der Waals surface area (Å²) >= 11 is 0. The third-order valence-corrected chi connectivity index (χ3v) is 6.12. The maximum absolute atomic E-state index is 6.17. The molecular weight excluding hydrogens is 366 g/mol. The largest absolute Gasteiger partial charge is 0.456 e. The first-order chi connectivity index (χ1) is 14.5. The van der Waals surface area contributed by atoms with E-state index in [9.17, 15) is 0 Å². The third kappa shape index (κ3) is 2.96. The summed E-state index contributed by atoms with van der Waals surface area (Å²) in [5.41, 5.74) is 10.4. The molecule has 5 rings (SSSR count). The first-order valence-electron chi connectivity index (χ1n) is 10.4. The third-order valence-electron chi connectivity index (χ3n) is 6.12. The Bertz CT molecular complexity index is 1340. The zero-order valence-electron chi connectivity index (χ0n) is 17.9. The Balaban J connectivity index is 1.84. The van der Waals surface area contributed by atoms with Gasteiger partial charge in [0.05, 0.1) is 11.1 Å². The topological polar surface area (TPSA) is 16.4 Å². The highest BCUT2D eigenvalue weighted by atomic mass is 16.3. The van der Waals surface area contributed by atoms with Gasteiger partial charge in [-0.3, -0.25) is 0 Å². The lowest BCUT2D eigenvalue weighted by atomic mass is 10.0. The summed E-state index contributed by atoms with van der Waals surface area (Å²) in [5.74, 6) is 0. The van der Waals surface area contributed by atoms with Gasteiger partial charge < -0.3 is 9.32 Å². The summed E-state index contributed by atoms with van der Waals surface area (Å²) in [6.45, 7) is 8.66. The van der Waals surface area contributed by atoms with Gasteiger partial charge in [0.2, 0.25) is 0 Å². The maximum Gasteiger partial charge on any atom is 0.137 e. The maximum atomic E-state index is 6.17. The number of aryl methyl sites for hydroxylation is 4. The second-order valence-corrected chi connectivity index (χ2v) is 8.12. The first-order valence-corrected chi connectivity index (χ1v) is 10.4. The van der Waals surface area contributed by atoms with Gasteiger partial charge in [0.1, 0.15) is 11.2 Å². The van der Waals surface area contributed by atoms with Crippen molar-refractivity contribution in [3.8, 4) is 0 Å². The van der Waals surface area contributed by atoms with Crippen LogP contribution >= 0.6 is 0 Å². The first kappa shape index (κ1) is 18.5. The number of para-hydroxylation sites is 1. The molecule has 0 fully saturated rings. The average Bonchev–Trinajstić information content (AvgIpc) is 3.13. The summed E-state index contributed by atoms with van der Waals surface area (Å²) in [7, 11) is 0. The van der Waals surface area contributed by atoms with E-state index in [-0.39, 0.29) is 0 Å². The van der Waals surface area contributed by atoms with Crippen LogP contribution in [0.5, 0.6) is 0 Å². The number of hydrogen-bond acceptors (Lipinski definition) is 2. The van der Waals surface area contributed by atoms with Crippen molar-refractivity contribution in [3.63, 3.8) is 0 Å². The number of hydrogen-bond donors (Lipinski definition) is 0. The summed E-state index contributed by atoms with van der Waals surface area (Å²) < 4.78 is 6.17. The van der Waals surface area contributed by atoms with Crippen LogP contribution in [-0.2, 0) is 0 Å². The van der Waals surface area contributed by atoms with E-state index in [0.29, 0.717) is 0 Å². The van der Waals surface area contributed by atoms with E-state index in [1.807, 2.05) is 12.1 Å². The Morgan fingerprint density at radius 3 is 1.80 bits per heavy atom. The summed E-state index contributed by atoms with van der Waals surface area (Å²) in [6.07, 6.45) is 0. The van der Waals surface area contributed by atoms with Gasteiger partial charge in [-0.2, -0.15) is 0 Å². The van der Waals surface area contributed by atoms with Gasteiger partial charge in [-0.1, -0.05) is 36.4 Å². The number of anilines is 3. The predicted molar refractivity (Wildman–Crippen MR) is 127 cm³/mol. The van der Waals surface area contributed by atoms with Crippen LogP contribution in [0.3, 0.4) is 0 Å². The van der Waals surface area contributed by atoms with E-state index >= 15 is 0 Å². The van der Waals surface area contributed by atoms with Crippen molar-refractivity contribution >= 4 is 39.0 Å². The molecule has 0 spiro atoms. The van der Waals surface area contributed by atoms with E-state index < -0.39 is 0 Å². The van der Waals surface area contributed by atoms with E-state index in [1.165, 1.54) is 22.3 Å². The normalized spacial score (nSPS) is 11.3. The zero-order chi connectivity index (χ0) is 20.8. The van der Waals surface area contributed by atoms with Crippen molar-refractivity contribution < 1.29 is 4.42 Å².